The summed E-state index contributed by atoms with van der Waals surface area (Å²) in [4.78, 5) is 0. The maximum absolute atomic E-state index is 8.85. The Morgan fingerprint density at radius 2 is 1.23 bits per heavy atom. The standard InChI is InChI=1S/C9H18O.C9H12O.C7H14O2.C5H12O/c2*1-2-8-3-5-9(7-10)6-4-8;1-2-6-3-4-7(5-8)9-6;1-2-3-4-5-6/h8-10H,2-7H2,1H3;3-6,10H,2,7H2,1H3;6-8H,2-5H2,1H3;6H,2-5H2,1H3. The number of ether oxygens (including phenoxy) is 1. The van der Waals surface area contributed by atoms with Crippen LogP contribution in [0.15, 0.2) is 24.3 Å². The molecule has 1 aliphatic heterocycles. The molecule has 0 radical (unpaired) electrons. The van der Waals surface area contributed by atoms with Crippen LogP contribution in [0.1, 0.15) is 109 Å². The number of benzene rings is 1. The first-order chi connectivity index (χ1) is 17.0. The second-order valence-electron chi connectivity index (χ2n) is 9.78. The van der Waals surface area contributed by atoms with Gasteiger partial charge in [0.25, 0.3) is 0 Å². The fourth-order valence-corrected chi connectivity index (χ4v) is 4.28. The molecule has 35 heavy (non-hydrogen) atoms. The number of hydrogen-bond acceptors (Lipinski definition) is 5. The Morgan fingerprint density at radius 1 is 0.657 bits per heavy atom. The molecule has 4 N–H and O–H groups in total. The molecule has 206 valence electrons. The van der Waals surface area contributed by atoms with Crippen molar-refractivity contribution in [3.05, 3.63) is 35.4 Å². The third-order valence-electron chi connectivity index (χ3n) is 7.03. The highest BCUT2D eigenvalue weighted by Crippen LogP contribution is 2.29. The summed E-state index contributed by atoms with van der Waals surface area (Å²) in [5.74, 6) is 1.59. The molecule has 3 rings (SSSR count). The van der Waals surface area contributed by atoms with Crippen LogP contribution >= 0.6 is 0 Å². The van der Waals surface area contributed by atoms with Crippen molar-refractivity contribution in [2.24, 2.45) is 11.8 Å². The first-order valence-corrected chi connectivity index (χ1v) is 14.2. The summed E-state index contributed by atoms with van der Waals surface area (Å²) >= 11 is 0. The van der Waals surface area contributed by atoms with Gasteiger partial charge in [0.15, 0.2) is 0 Å². The second-order valence-corrected chi connectivity index (χ2v) is 9.78. The number of aryl methyl sites for hydroxylation is 1. The molecule has 0 amide bonds. The molecule has 1 aromatic carbocycles. The van der Waals surface area contributed by atoms with Crippen LogP contribution in [0.4, 0.5) is 0 Å². The van der Waals surface area contributed by atoms with Crippen molar-refractivity contribution in [1.82, 2.24) is 0 Å². The van der Waals surface area contributed by atoms with Gasteiger partial charge in [0.05, 0.1) is 25.4 Å². The van der Waals surface area contributed by atoms with E-state index in [0.29, 0.717) is 25.2 Å². The second kappa shape index (κ2) is 23.4. The molecule has 0 spiro atoms. The predicted octanol–water partition coefficient (Wildman–Crippen LogP) is 6.04. The molecular formula is C30H56O5. The minimum Gasteiger partial charge on any atom is -0.396 e. The van der Waals surface area contributed by atoms with Gasteiger partial charge in [-0.05, 0) is 67.9 Å². The van der Waals surface area contributed by atoms with E-state index in [0.717, 1.165) is 50.0 Å². The Kier molecular flexibility index (Phi) is 22.8. The molecule has 5 nitrogen and oxygen atoms in total. The maximum atomic E-state index is 8.85. The van der Waals surface area contributed by atoms with Gasteiger partial charge in [-0.15, -0.1) is 0 Å². The van der Waals surface area contributed by atoms with E-state index in [9.17, 15) is 0 Å². The van der Waals surface area contributed by atoms with Crippen molar-refractivity contribution in [3.8, 4) is 0 Å². The first-order valence-electron chi connectivity index (χ1n) is 14.2. The van der Waals surface area contributed by atoms with Crippen molar-refractivity contribution >= 4 is 0 Å². The average molecular weight is 497 g/mol. The van der Waals surface area contributed by atoms with E-state index in [1.807, 2.05) is 24.3 Å². The zero-order chi connectivity index (χ0) is 26.3. The quantitative estimate of drug-likeness (QED) is 0.313. The van der Waals surface area contributed by atoms with Crippen LogP contribution < -0.4 is 0 Å². The lowest BCUT2D eigenvalue weighted by atomic mass is 9.81. The summed E-state index contributed by atoms with van der Waals surface area (Å²) < 4.78 is 5.41. The molecule has 2 fully saturated rings. The third kappa shape index (κ3) is 17.2. The number of aliphatic hydroxyl groups is 4. The summed E-state index contributed by atoms with van der Waals surface area (Å²) in [6.07, 6.45) is 14.7. The molecule has 2 unspecified atom stereocenters. The fraction of sp³-hybridized carbons (Fsp3) is 0.800. The van der Waals surface area contributed by atoms with Gasteiger partial charge < -0.3 is 25.2 Å². The summed E-state index contributed by atoms with van der Waals surface area (Å²) in [5, 5.41) is 34.4. The SMILES string of the molecule is CCC1CCC(CO)CC1.CCC1CCC(CO)O1.CCCCCO.CCc1ccc(CO)cc1. The minimum absolute atomic E-state index is 0.134. The summed E-state index contributed by atoms with van der Waals surface area (Å²) in [7, 11) is 0. The van der Waals surface area contributed by atoms with Crippen LogP contribution in [0.3, 0.4) is 0 Å². The fourth-order valence-electron chi connectivity index (χ4n) is 4.28. The van der Waals surface area contributed by atoms with Gasteiger partial charge in [-0.25, -0.2) is 0 Å². The molecule has 1 aliphatic carbocycles. The Hall–Kier alpha value is -0.980. The number of rotatable bonds is 9. The van der Waals surface area contributed by atoms with Gasteiger partial charge >= 0.3 is 0 Å². The smallest absolute Gasteiger partial charge is 0.0810 e. The van der Waals surface area contributed by atoms with Crippen molar-refractivity contribution in [2.45, 2.75) is 124 Å². The number of aliphatic hydroxyl groups excluding tert-OH is 4. The zero-order valence-corrected chi connectivity index (χ0v) is 23.1. The summed E-state index contributed by atoms with van der Waals surface area (Å²) in [5.41, 5.74) is 2.30. The van der Waals surface area contributed by atoms with Crippen molar-refractivity contribution in [3.63, 3.8) is 0 Å². The van der Waals surface area contributed by atoms with Crippen LogP contribution in [0.25, 0.3) is 0 Å². The summed E-state index contributed by atoms with van der Waals surface area (Å²) in [6, 6.07) is 8.01. The molecule has 2 atom stereocenters. The van der Waals surface area contributed by atoms with Gasteiger partial charge in [0.1, 0.15) is 0 Å². The largest absolute Gasteiger partial charge is 0.396 e. The van der Waals surface area contributed by atoms with Crippen molar-refractivity contribution in [2.75, 3.05) is 19.8 Å². The predicted molar refractivity (Wildman–Crippen MR) is 146 cm³/mol. The van der Waals surface area contributed by atoms with E-state index in [-0.39, 0.29) is 19.3 Å². The monoisotopic (exact) mass is 496 g/mol. The molecule has 0 bridgehead atoms. The zero-order valence-electron chi connectivity index (χ0n) is 23.1. The average Bonchev–Trinajstić information content (AvgIpc) is 3.41. The molecular weight excluding hydrogens is 440 g/mol. The van der Waals surface area contributed by atoms with E-state index in [1.165, 1.54) is 44.1 Å². The molecule has 1 saturated heterocycles. The number of unbranched alkanes of at least 4 members (excludes halogenated alkanes) is 2. The van der Waals surface area contributed by atoms with Crippen LogP contribution in [-0.2, 0) is 17.8 Å². The first kappa shape index (κ1) is 34.0. The third-order valence-corrected chi connectivity index (χ3v) is 7.03. The highest BCUT2D eigenvalue weighted by molar-refractivity contribution is 5.21. The minimum atomic E-state index is 0.134. The Labute approximate surface area is 215 Å². The molecule has 1 saturated carbocycles. The Bertz CT molecular complexity index is 505. The maximum Gasteiger partial charge on any atom is 0.0810 e. The lowest BCUT2D eigenvalue weighted by Gasteiger charge is -2.26. The Balaban J connectivity index is 0.000000448. The van der Waals surface area contributed by atoms with E-state index >= 15 is 0 Å². The topological polar surface area (TPSA) is 90.2 Å². The van der Waals surface area contributed by atoms with Crippen molar-refractivity contribution < 1.29 is 25.2 Å². The number of hydrogen-bond donors (Lipinski definition) is 4. The highest BCUT2D eigenvalue weighted by Gasteiger charge is 2.22. The van der Waals surface area contributed by atoms with Crippen molar-refractivity contribution in [1.29, 1.82) is 0 Å². The van der Waals surface area contributed by atoms with E-state index in [1.54, 1.807) is 0 Å². The Morgan fingerprint density at radius 3 is 1.57 bits per heavy atom. The van der Waals surface area contributed by atoms with Crippen LogP contribution in [0.5, 0.6) is 0 Å². The molecule has 0 aromatic heterocycles. The van der Waals surface area contributed by atoms with Crippen LogP contribution in [-0.4, -0.2) is 52.5 Å². The van der Waals surface area contributed by atoms with Gasteiger partial charge in [0.2, 0.25) is 0 Å². The van der Waals surface area contributed by atoms with E-state index in [4.69, 9.17) is 25.2 Å². The van der Waals surface area contributed by atoms with E-state index in [2.05, 4.69) is 27.7 Å². The van der Waals surface area contributed by atoms with Gasteiger partial charge in [-0.3, -0.25) is 0 Å². The van der Waals surface area contributed by atoms with Crippen LogP contribution in [0.2, 0.25) is 0 Å². The molecule has 1 heterocycles. The van der Waals surface area contributed by atoms with Gasteiger partial charge in [-0.2, -0.15) is 0 Å². The van der Waals surface area contributed by atoms with Gasteiger partial charge in [-0.1, -0.05) is 84.1 Å². The lowest BCUT2D eigenvalue weighted by Crippen LogP contribution is -2.16. The van der Waals surface area contributed by atoms with E-state index < -0.39 is 0 Å². The molecule has 1 aromatic rings. The normalized spacial score (nSPS) is 23.2. The van der Waals surface area contributed by atoms with Gasteiger partial charge in [0, 0.05) is 13.2 Å². The lowest BCUT2D eigenvalue weighted by molar-refractivity contribution is 0.0106. The van der Waals surface area contributed by atoms with Crippen LogP contribution in [0, 0.1) is 11.8 Å². The highest BCUT2D eigenvalue weighted by atomic mass is 16.5. The molecule has 2 aliphatic rings. The molecule has 5 heteroatoms. The summed E-state index contributed by atoms with van der Waals surface area (Å²) in [6.45, 7) is 9.72.